The average molecular weight is 231 g/mol. The van der Waals surface area contributed by atoms with Gasteiger partial charge in [-0.3, -0.25) is 0 Å². The highest BCUT2D eigenvalue weighted by atomic mass is 16.4. The average Bonchev–Trinajstić information content (AvgIpc) is 2.38. The van der Waals surface area contributed by atoms with E-state index in [4.69, 9.17) is 5.11 Å². The van der Waals surface area contributed by atoms with Crippen molar-refractivity contribution in [1.82, 2.24) is 5.32 Å². The Morgan fingerprint density at radius 3 is 3.06 bits per heavy atom. The van der Waals surface area contributed by atoms with Gasteiger partial charge in [0.15, 0.2) is 0 Å². The number of piperidine rings is 1. The van der Waals surface area contributed by atoms with Crippen molar-refractivity contribution >= 4 is 12.0 Å². The fourth-order valence-electron chi connectivity index (χ4n) is 2.22. The van der Waals surface area contributed by atoms with Gasteiger partial charge in [-0.05, 0) is 42.5 Å². The first kappa shape index (κ1) is 11.9. The Balaban J connectivity index is 2.12. The highest BCUT2D eigenvalue weighted by Gasteiger charge is 2.14. The minimum Gasteiger partial charge on any atom is -0.478 e. The monoisotopic (exact) mass is 231 g/mol. The van der Waals surface area contributed by atoms with Crippen LogP contribution in [-0.4, -0.2) is 24.2 Å². The largest absolute Gasteiger partial charge is 0.478 e. The Kier molecular flexibility index (Phi) is 3.94. The lowest BCUT2D eigenvalue weighted by atomic mass is 9.91. The third-order valence-electron chi connectivity index (χ3n) is 3.10. The van der Waals surface area contributed by atoms with E-state index < -0.39 is 5.97 Å². The van der Waals surface area contributed by atoms with Gasteiger partial charge in [0, 0.05) is 12.6 Å². The predicted molar refractivity (Wildman–Crippen MR) is 68.0 cm³/mol. The van der Waals surface area contributed by atoms with Gasteiger partial charge in [-0.2, -0.15) is 0 Å². The summed E-state index contributed by atoms with van der Waals surface area (Å²) in [7, 11) is 0. The van der Waals surface area contributed by atoms with Gasteiger partial charge in [0.1, 0.15) is 0 Å². The minimum atomic E-state index is -0.908. The summed E-state index contributed by atoms with van der Waals surface area (Å²) < 4.78 is 0. The van der Waals surface area contributed by atoms with Crippen LogP contribution in [0.15, 0.2) is 30.3 Å². The fourth-order valence-corrected chi connectivity index (χ4v) is 2.22. The number of hydrogen-bond acceptors (Lipinski definition) is 2. The van der Waals surface area contributed by atoms with E-state index in [0.717, 1.165) is 18.7 Å². The molecule has 1 aliphatic heterocycles. The molecule has 1 saturated heterocycles. The van der Waals surface area contributed by atoms with Crippen molar-refractivity contribution in [2.75, 3.05) is 13.1 Å². The number of rotatable bonds is 3. The molecule has 1 aromatic rings. The number of aliphatic carboxylic acids is 1. The Morgan fingerprint density at radius 2 is 2.35 bits per heavy atom. The summed E-state index contributed by atoms with van der Waals surface area (Å²) in [5, 5.41) is 12.0. The van der Waals surface area contributed by atoms with Gasteiger partial charge in [0.2, 0.25) is 0 Å². The topological polar surface area (TPSA) is 49.3 Å². The molecule has 1 aliphatic rings. The fraction of sp³-hybridized carbons (Fsp3) is 0.357. The summed E-state index contributed by atoms with van der Waals surface area (Å²) >= 11 is 0. The molecule has 0 aliphatic carbocycles. The Morgan fingerprint density at radius 1 is 1.47 bits per heavy atom. The van der Waals surface area contributed by atoms with E-state index >= 15 is 0 Å². The lowest BCUT2D eigenvalue weighted by molar-refractivity contribution is -0.131. The molecule has 1 fully saturated rings. The van der Waals surface area contributed by atoms with Crippen molar-refractivity contribution in [2.45, 2.75) is 18.8 Å². The molecule has 0 spiro atoms. The molecule has 1 unspecified atom stereocenters. The molecule has 3 heteroatoms. The van der Waals surface area contributed by atoms with Gasteiger partial charge in [-0.25, -0.2) is 4.79 Å². The van der Waals surface area contributed by atoms with Crippen LogP contribution in [0.25, 0.3) is 6.08 Å². The van der Waals surface area contributed by atoms with Crippen LogP contribution < -0.4 is 5.32 Å². The molecule has 1 atom stereocenters. The third-order valence-corrected chi connectivity index (χ3v) is 3.10. The van der Waals surface area contributed by atoms with Crippen LogP contribution in [0.2, 0.25) is 0 Å². The molecule has 1 aromatic carbocycles. The molecular weight excluding hydrogens is 214 g/mol. The number of carboxylic acids is 1. The first-order chi connectivity index (χ1) is 8.25. The van der Waals surface area contributed by atoms with Gasteiger partial charge in [-0.15, -0.1) is 0 Å². The van der Waals surface area contributed by atoms with Crippen LogP contribution in [0.1, 0.15) is 29.9 Å². The summed E-state index contributed by atoms with van der Waals surface area (Å²) in [5.41, 5.74) is 2.25. The zero-order valence-electron chi connectivity index (χ0n) is 9.73. The van der Waals surface area contributed by atoms with Crippen molar-refractivity contribution < 1.29 is 9.90 Å². The van der Waals surface area contributed by atoms with E-state index in [0.29, 0.717) is 5.92 Å². The number of benzene rings is 1. The highest BCUT2D eigenvalue weighted by molar-refractivity contribution is 5.85. The van der Waals surface area contributed by atoms with E-state index in [1.54, 1.807) is 6.08 Å². The van der Waals surface area contributed by atoms with Crippen LogP contribution >= 0.6 is 0 Å². The second-order valence-corrected chi connectivity index (χ2v) is 4.38. The Hall–Kier alpha value is -1.61. The normalized spacial score (nSPS) is 20.6. The van der Waals surface area contributed by atoms with Gasteiger partial charge >= 0.3 is 5.97 Å². The second-order valence-electron chi connectivity index (χ2n) is 4.38. The van der Waals surface area contributed by atoms with Crippen molar-refractivity contribution in [2.24, 2.45) is 0 Å². The Bertz CT molecular complexity index is 420. The first-order valence-corrected chi connectivity index (χ1v) is 5.97. The van der Waals surface area contributed by atoms with Gasteiger partial charge in [0.05, 0.1) is 0 Å². The molecule has 90 valence electrons. The van der Waals surface area contributed by atoms with Crippen LogP contribution in [-0.2, 0) is 4.79 Å². The molecular formula is C14H17NO2. The molecule has 2 N–H and O–H groups in total. The molecule has 0 radical (unpaired) electrons. The number of carboxylic acid groups (broad SMARTS) is 1. The molecule has 0 aromatic heterocycles. The summed E-state index contributed by atoms with van der Waals surface area (Å²) in [6.07, 6.45) is 5.24. The summed E-state index contributed by atoms with van der Waals surface area (Å²) in [6, 6.07) is 8.12. The molecule has 0 amide bonds. The number of carbonyl (C=O) groups is 1. The van der Waals surface area contributed by atoms with E-state index in [-0.39, 0.29) is 0 Å². The third kappa shape index (κ3) is 3.43. The highest BCUT2D eigenvalue weighted by Crippen LogP contribution is 2.24. The van der Waals surface area contributed by atoms with Crippen LogP contribution in [0.4, 0.5) is 0 Å². The molecule has 2 rings (SSSR count). The maximum atomic E-state index is 10.5. The first-order valence-electron chi connectivity index (χ1n) is 5.97. The number of hydrogen-bond donors (Lipinski definition) is 2. The van der Waals surface area contributed by atoms with E-state index in [1.165, 1.54) is 24.5 Å². The van der Waals surface area contributed by atoms with Gasteiger partial charge < -0.3 is 10.4 Å². The van der Waals surface area contributed by atoms with Gasteiger partial charge in [-0.1, -0.05) is 24.3 Å². The molecule has 3 nitrogen and oxygen atoms in total. The minimum absolute atomic E-state index is 0.557. The smallest absolute Gasteiger partial charge is 0.328 e. The van der Waals surface area contributed by atoms with E-state index in [9.17, 15) is 4.79 Å². The molecule has 17 heavy (non-hydrogen) atoms. The van der Waals surface area contributed by atoms with Crippen molar-refractivity contribution in [3.8, 4) is 0 Å². The van der Waals surface area contributed by atoms with Crippen molar-refractivity contribution in [1.29, 1.82) is 0 Å². The standard InChI is InChI=1S/C14H17NO2/c16-14(17)7-6-11-3-1-4-12(9-11)13-5-2-8-15-10-13/h1,3-4,6-7,9,13,15H,2,5,8,10H2,(H,16,17)/b7-6+. The molecule has 1 heterocycles. The maximum absolute atomic E-state index is 10.5. The second kappa shape index (κ2) is 5.64. The van der Waals surface area contributed by atoms with E-state index in [2.05, 4.69) is 17.4 Å². The lowest BCUT2D eigenvalue weighted by Crippen LogP contribution is -2.28. The quantitative estimate of drug-likeness (QED) is 0.784. The van der Waals surface area contributed by atoms with Crippen LogP contribution in [0.3, 0.4) is 0 Å². The SMILES string of the molecule is O=C(O)/C=C/c1cccc(C2CCCNC2)c1. The zero-order valence-corrected chi connectivity index (χ0v) is 9.73. The molecule has 0 saturated carbocycles. The van der Waals surface area contributed by atoms with Crippen molar-refractivity contribution in [3.63, 3.8) is 0 Å². The maximum Gasteiger partial charge on any atom is 0.328 e. The Labute approximate surface area is 101 Å². The summed E-state index contributed by atoms with van der Waals surface area (Å²) in [6.45, 7) is 2.13. The van der Waals surface area contributed by atoms with Crippen LogP contribution in [0.5, 0.6) is 0 Å². The van der Waals surface area contributed by atoms with Gasteiger partial charge in [0.25, 0.3) is 0 Å². The summed E-state index contributed by atoms with van der Waals surface area (Å²) in [5.74, 6) is -0.350. The predicted octanol–water partition coefficient (Wildman–Crippen LogP) is 2.25. The van der Waals surface area contributed by atoms with Crippen molar-refractivity contribution in [3.05, 3.63) is 41.5 Å². The van der Waals surface area contributed by atoms with Crippen LogP contribution in [0, 0.1) is 0 Å². The number of nitrogens with one attached hydrogen (secondary N) is 1. The molecule has 0 bridgehead atoms. The zero-order chi connectivity index (χ0) is 12.1. The summed E-state index contributed by atoms with van der Waals surface area (Å²) in [4.78, 5) is 10.5. The lowest BCUT2D eigenvalue weighted by Gasteiger charge is -2.23. The van der Waals surface area contributed by atoms with E-state index in [1.807, 2.05) is 12.1 Å².